The Bertz CT molecular complexity index is 205. The minimum atomic E-state index is -0.531. The molecule has 0 aromatic carbocycles. The average Bonchev–Trinajstić information content (AvgIpc) is 2.51. The predicted octanol–water partition coefficient (Wildman–Crippen LogP) is 0.407. The highest BCUT2D eigenvalue weighted by Gasteiger charge is 2.30. The first-order valence-corrected chi connectivity index (χ1v) is 5.12. The summed E-state index contributed by atoms with van der Waals surface area (Å²) in [6, 6.07) is -0.443. The molecule has 1 saturated heterocycles. The lowest BCUT2D eigenvalue weighted by molar-refractivity contribution is -0.157. The number of hydrogen-bond acceptors (Lipinski definition) is 4. The quantitative estimate of drug-likeness (QED) is 0.634. The molecule has 0 saturated carbocycles. The first kappa shape index (κ1) is 11.5. The topological polar surface area (TPSA) is 64.3 Å². The van der Waals surface area contributed by atoms with Gasteiger partial charge in [0.25, 0.3) is 0 Å². The van der Waals surface area contributed by atoms with E-state index in [9.17, 15) is 4.79 Å². The summed E-state index contributed by atoms with van der Waals surface area (Å²) in [6.45, 7) is 6.49. The molecule has 0 spiro atoms. The lowest BCUT2D eigenvalue weighted by Crippen LogP contribution is -2.49. The number of nitrogens with two attached hydrogens (primary N) is 1. The van der Waals surface area contributed by atoms with Gasteiger partial charge < -0.3 is 15.8 Å². The Morgan fingerprint density at radius 3 is 2.64 bits per heavy atom. The number of carbonyl (C=O) groups excluding carboxylic acids is 1. The van der Waals surface area contributed by atoms with E-state index in [1.54, 1.807) is 0 Å². The zero-order valence-corrected chi connectivity index (χ0v) is 9.17. The second-order valence-corrected chi connectivity index (χ2v) is 4.76. The summed E-state index contributed by atoms with van der Waals surface area (Å²) in [4.78, 5) is 11.6. The molecule has 1 aliphatic rings. The summed E-state index contributed by atoms with van der Waals surface area (Å²) < 4.78 is 5.21. The first-order chi connectivity index (χ1) is 6.40. The van der Waals surface area contributed by atoms with Gasteiger partial charge in [-0.05, 0) is 40.2 Å². The van der Waals surface area contributed by atoms with Crippen LogP contribution >= 0.6 is 0 Å². The van der Waals surface area contributed by atoms with Crippen LogP contribution in [-0.2, 0) is 9.53 Å². The van der Waals surface area contributed by atoms with E-state index in [0.717, 1.165) is 19.4 Å². The van der Waals surface area contributed by atoms with Crippen molar-refractivity contribution in [2.24, 2.45) is 5.73 Å². The third kappa shape index (κ3) is 3.27. The van der Waals surface area contributed by atoms with Crippen molar-refractivity contribution in [3.63, 3.8) is 0 Å². The monoisotopic (exact) mass is 200 g/mol. The third-order valence-corrected chi connectivity index (χ3v) is 2.21. The average molecular weight is 200 g/mol. The lowest BCUT2D eigenvalue weighted by atomic mass is 10.1. The van der Waals surface area contributed by atoms with Crippen molar-refractivity contribution < 1.29 is 9.53 Å². The molecule has 4 heteroatoms. The molecular formula is C10H20N2O2. The minimum Gasteiger partial charge on any atom is -0.459 e. The summed E-state index contributed by atoms with van der Waals surface area (Å²) in [7, 11) is 0. The van der Waals surface area contributed by atoms with Crippen molar-refractivity contribution >= 4 is 5.97 Å². The van der Waals surface area contributed by atoms with Crippen molar-refractivity contribution in [1.82, 2.24) is 5.32 Å². The lowest BCUT2D eigenvalue weighted by Gasteiger charge is -2.24. The maximum Gasteiger partial charge on any atom is 0.325 e. The smallest absolute Gasteiger partial charge is 0.325 e. The normalized spacial score (nSPS) is 24.7. The molecule has 3 N–H and O–H groups in total. The van der Waals surface area contributed by atoms with Crippen molar-refractivity contribution in [3.05, 3.63) is 0 Å². The van der Waals surface area contributed by atoms with Gasteiger partial charge in [-0.15, -0.1) is 0 Å². The Morgan fingerprint density at radius 2 is 2.21 bits per heavy atom. The molecule has 1 rings (SSSR count). The van der Waals surface area contributed by atoms with Gasteiger partial charge in [0.2, 0.25) is 0 Å². The van der Waals surface area contributed by atoms with Crippen LogP contribution in [0.15, 0.2) is 0 Å². The highest BCUT2D eigenvalue weighted by atomic mass is 16.6. The van der Waals surface area contributed by atoms with Crippen molar-refractivity contribution in [2.75, 3.05) is 6.54 Å². The van der Waals surface area contributed by atoms with E-state index >= 15 is 0 Å². The molecule has 4 nitrogen and oxygen atoms in total. The zero-order chi connectivity index (χ0) is 10.8. The molecule has 0 bridgehead atoms. The summed E-state index contributed by atoms with van der Waals surface area (Å²) in [6.07, 6.45) is 2.04. The largest absolute Gasteiger partial charge is 0.459 e. The van der Waals surface area contributed by atoms with Gasteiger partial charge in [-0.3, -0.25) is 4.79 Å². The highest BCUT2D eigenvalue weighted by Crippen LogP contribution is 2.13. The van der Waals surface area contributed by atoms with E-state index in [0.29, 0.717) is 0 Å². The zero-order valence-electron chi connectivity index (χ0n) is 9.17. The molecule has 0 aliphatic carbocycles. The van der Waals surface area contributed by atoms with Gasteiger partial charge in [0, 0.05) is 6.04 Å². The van der Waals surface area contributed by atoms with Gasteiger partial charge in [-0.1, -0.05) is 0 Å². The second-order valence-electron chi connectivity index (χ2n) is 4.76. The van der Waals surface area contributed by atoms with Crippen LogP contribution in [0.1, 0.15) is 33.6 Å². The van der Waals surface area contributed by atoms with Crippen LogP contribution in [0, 0.1) is 0 Å². The van der Waals surface area contributed by atoms with E-state index < -0.39 is 11.6 Å². The number of carbonyl (C=O) groups is 1. The van der Waals surface area contributed by atoms with E-state index in [1.807, 2.05) is 20.8 Å². The Hall–Kier alpha value is -0.610. The molecule has 14 heavy (non-hydrogen) atoms. The molecule has 0 amide bonds. The molecule has 0 radical (unpaired) electrons. The molecule has 1 heterocycles. The standard InChI is InChI=1S/C10H20N2O2/c1-10(2,3)14-9(13)8(11)7-5-4-6-12-7/h7-8,12H,4-6,11H2,1-3H3/t7?,8-/m0/s1. The number of esters is 1. The Labute approximate surface area is 85.2 Å². The minimum absolute atomic E-state index is 0.0878. The van der Waals surface area contributed by atoms with Gasteiger partial charge in [0.1, 0.15) is 11.6 Å². The summed E-state index contributed by atoms with van der Waals surface area (Å²) in [5.74, 6) is -0.308. The second kappa shape index (κ2) is 4.28. The number of hydrogen-bond donors (Lipinski definition) is 2. The number of nitrogens with one attached hydrogen (secondary N) is 1. The Kier molecular flexibility index (Phi) is 3.50. The molecular weight excluding hydrogens is 180 g/mol. The van der Waals surface area contributed by atoms with Crippen LogP contribution in [0.25, 0.3) is 0 Å². The van der Waals surface area contributed by atoms with Gasteiger partial charge in [-0.2, -0.15) is 0 Å². The van der Waals surface area contributed by atoms with Crippen molar-refractivity contribution in [1.29, 1.82) is 0 Å². The molecule has 82 valence electrons. The molecule has 1 fully saturated rings. The SMILES string of the molecule is CC(C)(C)OC(=O)[C@@H](N)C1CCCN1. The van der Waals surface area contributed by atoms with E-state index in [4.69, 9.17) is 10.5 Å². The van der Waals surface area contributed by atoms with Gasteiger partial charge >= 0.3 is 5.97 Å². The maximum atomic E-state index is 11.6. The summed E-state index contributed by atoms with van der Waals surface area (Å²) in [5.41, 5.74) is 5.34. The van der Waals surface area contributed by atoms with Gasteiger partial charge in [-0.25, -0.2) is 0 Å². The summed E-state index contributed by atoms with van der Waals surface area (Å²) in [5, 5.41) is 3.20. The van der Waals surface area contributed by atoms with Crippen LogP contribution in [-0.4, -0.2) is 30.2 Å². The van der Waals surface area contributed by atoms with Gasteiger partial charge in [0.05, 0.1) is 0 Å². The van der Waals surface area contributed by atoms with E-state index in [-0.39, 0.29) is 12.0 Å². The first-order valence-electron chi connectivity index (χ1n) is 5.12. The molecule has 1 aliphatic heterocycles. The predicted molar refractivity (Wildman–Crippen MR) is 54.8 cm³/mol. The number of rotatable bonds is 2. The highest BCUT2D eigenvalue weighted by molar-refractivity contribution is 5.76. The number of ether oxygens (including phenoxy) is 1. The third-order valence-electron chi connectivity index (χ3n) is 2.21. The van der Waals surface area contributed by atoms with Crippen molar-refractivity contribution in [2.45, 2.75) is 51.3 Å². The fraction of sp³-hybridized carbons (Fsp3) is 0.900. The van der Waals surface area contributed by atoms with Crippen LogP contribution in [0.3, 0.4) is 0 Å². The fourth-order valence-corrected chi connectivity index (χ4v) is 1.55. The Morgan fingerprint density at radius 1 is 1.57 bits per heavy atom. The molecule has 1 unspecified atom stereocenters. The summed E-state index contributed by atoms with van der Waals surface area (Å²) >= 11 is 0. The van der Waals surface area contributed by atoms with Gasteiger partial charge in [0.15, 0.2) is 0 Å². The van der Waals surface area contributed by atoms with E-state index in [2.05, 4.69) is 5.32 Å². The van der Waals surface area contributed by atoms with Crippen LogP contribution in [0.4, 0.5) is 0 Å². The van der Waals surface area contributed by atoms with Crippen LogP contribution in [0.5, 0.6) is 0 Å². The molecule has 0 aromatic rings. The maximum absolute atomic E-state index is 11.6. The van der Waals surface area contributed by atoms with Crippen LogP contribution < -0.4 is 11.1 Å². The Balaban J connectivity index is 2.43. The molecule has 0 aromatic heterocycles. The van der Waals surface area contributed by atoms with Crippen LogP contribution in [0.2, 0.25) is 0 Å². The fourth-order valence-electron chi connectivity index (χ4n) is 1.55. The molecule has 2 atom stereocenters. The van der Waals surface area contributed by atoms with Crippen molar-refractivity contribution in [3.8, 4) is 0 Å². The van der Waals surface area contributed by atoms with E-state index in [1.165, 1.54) is 0 Å².